The summed E-state index contributed by atoms with van der Waals surface area (Å²) in [6, 6.07) is 15.6. The van der Waals surface area contributed by atoms with Crippen molar-refractivity contribution in [3.05, 3.63) is 86.9 Å². The van der Waals surface area contributed by atoms with Crippen molar-refractivity contribution in [2.45, 2.75) is 19.9 Å². The van der Waals surface area contributed by atoms with Crippen LogP contribution >= 0.6 is 11.3 Å². The second-order valence-corrected chi connectivity index (χ2v) is 7.85. The Morgan fingerprint density at radius 3 is 2.66 bits per heavy atom. The minimum Gasteiger partial charge on any atom is -0.478 e. The summed E-state index contributed by atoms with van der Waals surface area (Å²) in [7, 11) is 0. The van der Waals surface area contributed by atoms with Crippen LogP contribution in [-0.2, 0) is 0 Å². The Hall–Kier alpha value is -3.38. The highest BCUT2D eigenvalue weighted by Gasteiger charge is 2.18. The molecule has 4 rings (SSSR count). The van der Waals surface area contributed by atoms with Gasteiger partial charge < -0.3 is 14.8 Å². The van der Waals surface area contributed by atoms with Crippen molar-refractivity contribution in [3.63, 3.8) is 0 Å². The molecule has 0 saturated heterocycles. The molecule has 29 heavy (non-hydrogen) atoms. The Kier molecular flexibility index (Phi) is 4.94. The second-order valence-electron chi connectivity index (χ2n) is 6.90. The van der Waals surface area contributed by atoms with Gasteiger partial charge in [-0.3, -0.25) is 4.79 Å². The van der Waals surface area contributed by atoms with Crippen molar-refractivity contribution in [2.75, 3.05) is 5.32 Å². The van der Waals surface area contributed by atoms with Crippen molar-refractivity contribution >= 4 is 34.0 Å². The molecule has 0 fully saturated rings. The molecule has 5 nitrogen and oxygen atoms in total. The van der Waals surface area contributed by atoms with E-state index in [0.717, 1.165) is 16.0 Å². The van der Waals surface area contributed by atoms with Crippen molar-refractivity contribution in [1.82, 2.24) is 0 Å². The number of anilines is 1. The number of carbonyl (C=O) groups is 1. The van der Waals surface area contributed by atoms with Gasteiger partial charge in [0.25, 0.3) is 0 Å². The highest BCUT2D eigenvalue weighted by atomic mass is 32.1. The third-order valence-corrected chi connectivity index (χ3v) is 5.65. The molecule has 0 aliphatic carbocycles. The minimum absolute atomic E-state index is 0.0993. The Bertz CT molecular complexity index is 1260. The molecule has 0 bridgehead atoms. The summed E-state index contributed by atoms with van der Waals surface area (Å²) in [5.41, 5.74) is 2.85. The van der Waals surface area contributed by atoms with Crippen LogP contribution in [0.4, 0.5) is 5.69 Å². The summed E-state index contributed by atoms with van der Waals surface area (Å²) < 4.78 is 6.16. The topological polar surface area (TPSA) is 79.5 Å². The lowest BCUT2D eigenvalue weighted by molar-refractivity contribution is 0.0698. The molecule has 146 valence electrons. The number of nitrogens with one attached hydrogen (secondary N) is 1. The lowest BCUT2D eigenvalue weighted by Crippen LogP contribution is -2.12. The summed E-state index contributed by atoms with van der Waals surface area (Å²) in [6.07, 6.45) is 0. The van der Waals surface area contributed by atoms with E-state index < -0.39 is 5.97 Å². The first-order chi connectivity index (χ1) is 13.9. The molecule has 2 aromatic heterocycles. The van der Waals surface area contributed by atoms with Gasteiger partial charge in [0.05, 0.1) is 21.9 Å². The maximum absolute atomic E-state index is 12.8. The summed E-state index contributed by atoms with van der Waals surface area (Å²) in [5.74, 6) is -0.471. The number of aromatic carboxylic acids is 1. The first-order valence-corrected chi connectivity index (χ1v) is 10.0. The van der Waals surface area contributed by atoms with E-state index in [1.807, 2.05) is 43.5 Å². The molecular formula is C23H19NO4S. The van der Waals surface area contributed by atoms with Crippen LogP contribution in [0.3, 0.4) is 0 Å². The van der Waals surface area contributed by atoms with E-state index in [2.05, 4.69) is 5.32 Å². The summed E-state index contributed by atoms with van der Waals surface area (Å²) in [4.78, 5) is 25.2. The Balaban J connectivity index is 1.84. The number of thiophene rings is 1. The van der Waals surface area contributed by atoms with E-state index in [1.54, 1.807) is 24.3 Å². The van der Waals surface area contributed by atoms with E-state index in [1.165, 1.54) is 17.4 Å². The van der Waals surface area contributed by atoms with E-state index in [4.69, 9.17) is 4.42 Å². The lowest BCUT2D eigenvalue weighted by Gasteiger charge is -2.19. The zero-order chi connectivity index (χ0) is 20.5. The molecule has 2 heterocycles. The van der Waals surface area contributed by atoms with Gasteiger partial charge >= 0.3 is 5.97 Å². The Morgan fingerprint density at radius 2 is 1.93 bits per heavy atom. The number of aryl methyl sites for hydroxylation is 1. The fraction of sp³-hybridized carbons (Fsp3) is 0.130. The van der Waals surface area contributed by atoms with Gasteiger partial charge in [-0.2, -0.15) is 0 Å². The molecule has 2 N–H and O–H groups in total. The predicted molar refractivity (Wildman–Crippen MR) is 116 cm³/mol. The van der Waals surface area contributed by atoms with Crippen LogP contribution in [0.25, 0.3) is 21.6 Å². The minimum atomic E-state index is -0.999. The monoisotopic (exact) mass is 405 g/mol. The average Bonchev–Trinajstić information content (AvgIpc) is 3.23. The second kappa shape index (κ2) is 7.56. The highest BCUT2D eigenvalue weighted by Crippen LogP contribution is 2.32. The van der Waals surface area contributed by atoms with Gasteiger partial charge in [-0.1, -0.05) is 24.3 Å². The van der Waals surface area contributed by atoms with Crippen LogP contribution in [0.2, 0.25) is 0 Å². The maximum atomic E-state index is 12.8. The fourth-order valence-electron chi connectivity index (χ4n) is 3.40. The third-order valence-electron chi connectivity index (χ3n) is 4.76. The number of para-hydroxylation sites is 1. The maximum Gasteiger partial charge on any atom is 0.337 e. The van der Waals surface area contributed by atoms with Crippen LogP contribution in [0.15, 0.2) is 69.2 Å². The van der Waals surface area contributed by atoms with Crippen molar-refractivity contribution in [3.8, 4) is 10.6 Å². The molecule has 1 atom stereocenters. The average molecular weight is 405 g/mol. The number of carboxylic acids is 1. The quantitative estimate of drug-likeness (QED) is 0.445. The smallest absolute Gasteiger partial charge is 0.337 e. The van der Waals surface area contributed by atoms with Crippen LogP contribution in [0.5, 0.6) is 0 Å². The fourth-order valence-corrected chi connectivity index (χ4v) is 4.08. The molecule has 6 heteroatoms. The molecule has 0 amide bonds. The SMILES string of the molecule is Cc1cc(C(C)Nc2ccccc2C(=O)O)c2oc(-c3cccs3)cc(=O)c2c1. The summed E-state index contributed by atoms with van der Waals surface area (Å²) >= 11 is 1.50. The van der Waals surface area contributed by atoms with Crippen molar-refractivity contribution in [2.24, 2.45) is 0 Å². The molecule has 0 aliphatic heterocycles. The normalized spacial score (nSPS) is 12.1. The van der Waals surface area contributed by atoms with E-state index >= 15 is 0 Å². The Morgan fingerprint density at radius 1 is 1.14 bits per heavy atom. The van der Waals surface area contributed by atoms with Gasteiger partial charge in [0.1, 0.15) is 11.3 Å². The van der Waals surface area contributed by atoms with Gasteiger partial charge in [0, 0.05) is 17.3 Å². The largest absolute Gasteiger partial charge is 0.478 e. The van der Waals surface area contributed by atoms with Crippen LogP contribution in [0.1, 0.15) is 34.5 Å². The zero-order valence-corrected chi connectivity index (χ0v) is 16.7. The van der Waals surface area contributed by atoms with Crippen molar-refractivity contribution in [1.29, 1.82) is 0 Å². The number of carboxylic acid groups (broad SMARTS) is 1. The van der Waals surface area contributed by atoms with E-state index in [9.17, 15) is 14.7 Å². The van der Waals surface area contributed by atoms with Crippen LogP contribution < -0.4 is 10.7 Å². The molecular weight excluding hydrogens is 386 g/mol. The number of fused-ring (bicyclic) bond motifs is 1. The molecule has 0 spiro atoms. The van der Waals surface area contributed by atoms with E-state index in [0.29, 0.717) is 22.4 Å². The van der Waals surface area contributed by atoms with Gasteiger partial charge in [-0.15, -0.1) is 11.3 Å². The van der Waals surface area contributed by atoms with Crippen molar-refractivity contribution < 1.29 is 14.3 Å². The molecule has 4 aromatic rings. The third kappa shape index (κ3) is 3.67. The lowest BCUT2D eigenvalue weighted by atomic mass is 10.0. The number of benzene rings is 2. The summed E-state index contributed by atoms with van der Waals surface area (Å²) in [5, 5.41) is 15.2. The zero-order valence-electron chi connectivity index (χ0n) is 15.9. The predicted octanol–water partition coefficient (Wildman–Crippen LogP) is 5.70. The van der Waals surface area contributed by atoms with Gasteiger partial charge in [-0.25, -0.2) is 4.79 Å². The number of hydrogen-bond donors (Lipinski definition) is 2. The first-order valence-electron chi connectivity index (χ1n) is 9.15. The van der Waals surface area contributed by atoms with Crippen LogP contribution in [-0.4, -0.2) is 11.1 Å². The number of rotatable bonds is 5. The Labute approximate surface area is 171 Å². The summed E-state index contributed by atoms with van der Waals surface area (Å²) in [6.45, 7) is 3.85. The van der Waals surface area contributed by atoms with Gasteiger partial charge in [-0.05, 0) is 49.1 Å². The molecule has 2 aromatic carbocycles. The molecule has 0 aliphatic rings. The standard InChI is InChI=1S/C23H19NO4S/c1-13-10-16(14(2)24-18-7-4-3-6-15(18)23(26)27)22-17(11-13)19(25)12-20(28-22)21-8-5-9-29-21/h3-12,14,24H,1-2H3,(H,26,27). The highest BCUT2D eigenvalue weighted by molar-refractivity contribution is 7.13. The van der Waals surface area contributed by atoms with Gasteiger partial charge in [0.15, 0.2) is 5.43 Å². The number of hydrogen-bond acceptors (Lipinski definition) is 5. The molecule has 0 radical (unpaired) electrons. The first kappa shape index (κ1) is 19.0. The van der Waals surface area contributed by atoms with E-state index in [-0.39, 0.29) is 17.0 Å². The molecule has 0 saturated carbocycles. The van der Waals surface area contributed by atoms with Crippen LogP contribution in [0, 0.1) is 6.92 Å². The van der Waals surface area contributed by atoms with Gasteiger partial charge in [0.2, 0.25) is 0 Å². The molecule has 1 unspecified atom stereocenters.